The summed E-state index contributed by atoms with van der Waals surface area (Å²) >= 11 is 0. The summed E-state index contributed by atoms with van der Waals surface area (Å²) in [4.78, 5) is 15.1. The largest absolute Gasteiger partial charge is 0.457 e. The van der Waals surface area contributed by atoms with Crippen molar-refractivity contribution in [3.63, 3.8) is 0 Å². The van der Waals surface area contributed by atoms with Gasteiger partial charge in [0.2, 0.25) is 0 Å². The molecule has 0 fully saturated rings. The molecular formula is C46H33N3O2. The van der Waals surface area contributed by atoms with Crippen LogP contribution in [0.2, 0.25) is 0 Å². The molecule has 2 heterocycles. The zero-order valence-corrected chi connectivity index (χ0v) is 28.3. The van der Waals surface area contributed by atoms with E-state index in [-0.39, 0.29) is 0 Å². The summed E-state index contributed by atoms with van der Waals surface area (Å²) in [5.74, 6) is 9.42. The summed E-state index contributed by atoms with van der Waals surface area (Å²) in [6.07, 6.45) is 2.82. The molecule has 0 unspecified atom stereocenters. The molecule has 2 aromatic heterocycles. The number of para-hydroxylation sites is 1. The highest BCUT2D eigenvalue weighted by molar-refractivity contribution is 6.12. The topological polar surface area (TPSA) is 61.0 Å². The number of ether oxygens (including phenoxy) is 1. The number of hydrogen-bond donors (Lipinski definition) is 0. The van der Waals surface area contributed by atoms with E-state index in [0.29, 0.717) is 23.2 Å². The lowest BCUT2D eigenvalue weighted by atomic mass is 9.97. The maximum Gasteiger partial charge on any atom is 0.164 e. The van der Waals surface area contributed by atoms with E-state index < -0.39 is 0 Å². The predicted molar refractivity (Wildman–Crippen MR) is 207 cm³/mol. The van der Waals surface area contributed by atoms with Crippen LogP contribution in [0, 0.1) is 11.8 Å². The smallest absolute Gasteiger partial charge is 0.164 e. The van der Waals surface area contributed by atoms with Gasteiger partial charge < -0.3 is 9.15 Å². The van der Waals surface area contributed by atoms with E-state index in [1.165, 1.54) is 0 Å². The average Bonchev–Trinajstić information content (AvgIpc) is 3.57. The molecule has 0 atom stereocenters. The summed E-state index contributed by atoms with van der Waals surface area (Å²) in [5, 5.41) is 1.94. The Bertz CT molecular complexity index is 2610. The Morgan fingerprint density at radius 2 is 1.27 bits per heavy atom. The van der Waals surface area contributed by atoms with Crippen LogP contribution < -0.4 is 4.74 Å². The van der Waals surface area contributed by atoms with Gasteiger partial charge in [0, 0.05) is 33.9 Å². The maximum absolute atomic E-state index is 6.41. The van der Waals surface area contributed by atoms with Crippen molar-refractivity contribution >= 4 is 27.5 Å². The van der Waals surface area contributed by atoms with Gasteiger partial charge in [-0.15, -0.1) is 0 Å². The third-order valence-electron chi connectivity index (χ3n) is 8.69. The first-order valence-electron chi connectivity index (χ1n) is 17.0. The Hall–Kier alpha value is -6.77. The molecule has 0 aliphatic carbocycles. The lowest BCUT2D eigenvalue weighted by Crippen LogP contribution is -2.00. The van der Waals surface area contributed by atoms with Gasteiger partial charge in [-0.25, -0.2) is 15.0 Å². The fourth-order valence-corrected chi connectivity index (χ4v) is 6.15. The monoisotopic (exact) mass is 659 g/mol. The van der Waals surface area contributed by atoms with E-state index >= 15 is 0 Å². The maximum atomic E-state index is 6.41. The van der Waals surface area contributed by atoms with Gasteiger partial charge in [0.05, 0.1) is 0 Å². The molecule has 5 heteroatoms. The van der Waals surface area contributed by atoms with Crippen molar-refractivity contribution in [3.8, 4) is 68.6 Å². The number of hydrogen-bond acceptors (Lipinski definition) is 5. The summed E-state index contributed by atoms with van der Waals surface area (Å²) in [7, 11) is 0. The Balaban J connectivity index is 1.26. The van der Waals surface area contributed by atoms with Gasteiger partial charge in [-0.05, 0) is 83.8 Å². The van der Waals surface area contributed by atoms with Crippen molar-refractivity contribution in [1.29, 1.82) is 0 Å². The Labute approximate surface area is 297 Å². The molecule has 0 saturated carbocycles. The zero-order valence-electron chi connectivity index (χ0n) is 28.3. The first-order valence-corrected chi connectivity index (χ1v) is 17.0. The molecular weight excluding hydrogens is 627 g/mol. The number of furan rings is 1. The van der Waals surface area contributed by atoms with Gasteiger partial charge in [-0.1, -0.05) is 116 Å². The molecule has 0 spiro atoms. The minimum Gasteiger partial charge on any atom is -0.457 e. The lowest BCUT2D eigenvalue weighted by molar-refractivity contribution is 0.483. The van der Waals surface area contributed by atoms with Crippen molar-refractivity contribution in [3.05, 3.63) is 157 Å². The highest BCUT2D eigenvalue weighted by atomic mass is 16.5. The molecule has 8 rings (SSSR count). The fourth-order valence-electron chi connectivity index (χ4n) is 6.15. The number of allylic oxidation sites excluding steroid dienone is 2. The first kappa shape index (κ1) is 31.5. The highest BCUT2D eigenvalue weighted by Crippen LogP contribution is 2.39. The lowest BCUT2D eigenvalue weighted by Gasteiger charge is -2.11. The summed E-state index contributed by atoms with van der Waals surface area (Å²) in [6, 6.07) is 48.5. The second kappa shape index (κ2) is 14.0. The van der Waals surface area contributed by atoms with Crippen LogP contribution in [0.25, 0.3) is 72.8 Å². The number of fused-ring (bicyclic) bond motifs is 3. The molecule has 8 aromatic rings. The van der Waals surface area contributed by atoms with Crippen molar-refractivity contribution < 1.29 is 9.15 Å². The van der Waals surface area contributed by atoms with Gasteiger partial charge >= 0.3 is 0 Å². The third-order valence-corrected chi connectivity index (χ3v) is 8.69. The molecule has 0 saturated heterocycles. The van der Waals surface area contributed by atoms with Crippen LogP contribution in [0.1, 0.15) is 25.8 Å². The third kappa shape index (κ3) is 6.64. The molecule has 0 N–H and O–H groups in total. The quantitative estimate of drug-likeness (QED) is 0.159. The molecule has 6 aromatic carbocycles. The minimum atomic E-state index is 0.548. The molecule has 0 aliphatic rings. The van der Waals surface area contributed by atoms with E-state index in [2.05, 4.69) is 68.2 Å². The number of aromatic nitrogens is 3. The van der Waals surface area contributed by atoms with Crippen LogP contribution in [0.3, 0.4) is 0 Å². The second-order valence-electron chi connectivity index (χ2n) is 12.2. The van der Waals surface area contributed by atoms with E-state index in [1.54, 1.807) is 0 Å². The average molecular weight is 660 g/mol. The predicted octanol–water partition coefficient (Wildman–Crippen LogP) is 12.0. The molecule has 5 nitrogen and oxygen atoms in total. The van der Waals surface area contributed by atoms with Gasteiger partial charge in [0.1, 0.15) is 22.7 Å². The van der Waals surface area contributed by atoms with Crippen LogP contribution >= 0.6 is 0 Å². The van der Waals surface area contributed by atoms with Crippen LogP contribution in [0.15, 0.2) is 156 Å². The molecule has 51 heavy (non-hydrogen) atoms. The Morgan fingerprint density at radius 1 is 0.608 bits per heavy atom. The summed E-state index contributed by atoms with van der Waals surface area (Å²) in [5.41, 5.74) is 8.62. The first-order chi connectivity index (χ1) is 25.1. The summed E-state index contributed by atoms with van der Waals surface area (Å²) < 4.78 is 12.6. The van der Waals surface area contributed by atoms with Crippen molar-refractivity contribution in [2.24, 2.45) is 0 Å². The second-order valence-corrected chi connectivity index (χ2v) is 12.2. The van der Waals surface area contributed by atoms with Crippen LogP contribution in [-0.4, -0.2) is 15.0 Å². The molecule has 0 aliphatic heterocycles. The van der Waals surface area contributed by atoms with Gasteiger partial charge in [0.15, 0.2) is 17.5 Å². The normalized spacial score (nSPS) is 11.4. The van der Waals surface area contributed by atoms with Crippen molar-refractivity contribution in [2.45, 2.75) is 20.3 Å². The Kier molecular flexibility index (Phi) is 8.64. The molecule has 244 valence electrons. The zero-order chi connectivity index (χ0) is 34.6. The summed E-state index contributed by atoms with van der Waals surface area (Å²) in [6.45, 7) is 4.16. The minimum absolute atomic E-state index is 0.548. The van der Waals surface area contributed by atoms with E-state index in [9.17, 15) is 0 Å². The van der Waals surface area contributed by atoms with Crippen LogP contribution in [0.5, 0.6) is 11.5 Å². The van der Waals surface area contributed by atoms with Gasteiger partial charge in [-0.2, -0.15) is 0 Å². The Morgan fingerprint density at radius 3 is 2.10 bits per heavy atom. The van der Waals surface area contributed by atoms with Gasteiger partial charge in [0.25, 0.3) is 0 Å². The van der Waals surface area contributed by atoms with E-state index in [4.69, 9.17) is 24.1 Å². The van der Waals surface area contributed by atoms with Crippen molar-refractivity contribution in [2.75, 3.05) is 0 Å². The molecule has 0 amide bonds. The SMILES string of the molecule is CCC#C/C=C(\C)c1cccc(-c2ccc3oc4cccc(-c5nc(-c6ccccc6)nc(-c6cccc(Oc7ccccc7)c6)n5)c4c3c2)c1. The van der Waals surface area contributed by atoms with Gasteiger partial charge in [-0.3, -0.25) is 0 Å². The number of rotatable bonds is 7. The standard InChI is InChI=1S/C46H33N3O2/c1-3-4-7-15-31(2)33-18-12-19-34(28-33)35-26-27-41-40(30-35)43-39(24-14-25-42(43)51-41)46-48-44(32-16-8-5-9-17-32)47-45(49-46)36-20-13-23-38(29-36)50-37-21-10-6-11-22-37/h5-6,8-30H,3H2,1-2H3/b31-15+. The highest BCUT2D eigenvalue weighted by Gasteiger charge is 2.19. The molecule has 0 bridgehead atoms. The van der Waals surface area contributed by atoms with E-state index in [0.717, 1.165) is 73.1 Å². The fraction of sp³-hybridized carbons (Fsp3) is 0.0652. The van der Waals surface area contributed by atoms with E-state index in [1.807, 2.05) is 109 Å². The molecule has 0 radical (unpaired) electrons. The number of nitrogens with zero attached hydrogens (tertiary/aromatic N) is 3. The van der Waals surface area contributed by atoms with Crippen LogP contribution in [0.4, 0.5) is 0 Å². The van der Waals surface area contributed by atoms with Crippen LogP contribution in [-0.2, 0) is 0 Å². The number of benzene rings is 6. The van der Waals surface area contributed by atoms with Crippen molar-refractivity contribution in [1.82, 2.24) is 15.0 Å².